The van der Waals surface area contributed by atoms with Gasteiger partial charge in [0.1, 0.15) is 11.9 Å². The minimum atomic E-state index is -0.669. The number of aliphatic hydroxyl groups is 1. The molecular formula is C14H20N4O. The van der Waals surface area contributed by atoms with Crippen LogP contribution in [0.5, 0.6) is 0 Å². The van der Waals surface area contributed by atoms with Crippen molar-refractivity contribution in [2.75, 3.05) is 5.73 Å². The Kier molecular flexibility index (Phi) is 4.16. The molecule has 0 fully saturated rings. The molecule has 1 heterocycles. The minimum absolute atomic E-state index is 0.379. The summed E-state index contributed by atoms with van der Waals surface area (Å²) >= 11 is 0. The van der Waals surface area contributed by atoms with E-state index in [1.807, 2.05) is 32.0 Å². The summed E-state index contributed by atoms with van der Waals surface area (Å²) < 4.78 is 1.77. The number of para-hydroxylation sites is 1. The zero-order valence-corrected chi connectivity index (χ0v) is 11.4. The highest BCUT2D eigenvalue weighted by Gasteiger charge is 2.15. The smallest absolute Gasteiger partial charge is 0.150 e. The van der Waals surface area contributed by atoms with Crippen LogP contribution in [0.4, 0.5) is 5.69 Å². The number of nitrogens with two attached hydrogens (primary N) is 1. The second-order valence-electron chi connectivity index (χ2n) is 4.48. The number of nitrogens with zero attached hydrogens (tertiary/aromatic N) is 3. The average molecular weight is 260 g/mol. The molecule has 3 N–H and O–H groups in total. The van der Waals surface area contributed by atoms with Gasteiger partial charge in [0.25, 0.3) is 0 Å². The van der Waals surface area contributed by atoms with Crippen molar-refractivity contribution >= 4 is 5.69 Å². The lowest BCUT2D eigenvalue weighted by molar-refractivity contribution is 0.150. The molecule has 1 aromatic heterocycles. The van der Waals surface area contributed by atoms with E-state index in [2.05, 4.69) is 10.1 Å². The second kappa shape index (κ2) is 5.84. The molecule has 0 amide bonds. The van der Waals surface area contributed by atoms with Gasteiger partial charge in [-0.25, -0.2) is 9.67 Å². The van der Waals surface area contributed by atoms with Gasteiger partial charge in [-0.3, -0.25) is 0 Å². The van der Waals surface area contributed by atoms with Crippen molar-refractivity contribution in [1.82, 2.24) is 14.8 Å². The van der Waals surface area contributed by atoms with Gasteiger partial charge in [0.2, 0.25) is 0 Å². The Labute approximate surface area is 113 Å². The average Bonchev–Trinajstić information content (AvgIpc) is 2.81. The van der Waals surface area contributed by atoms with Gasteiger partial charge in [-0.05, 0) is 6.07 Å². The van der Waals surface area contributed by atoms with Crippen molar-refractivity contribution in [2.24, 2.45) is 0 Å². The van der Waals surface area contributed by atoms with E-state index in [-0.39, 0.29) is 0 Å². The van der Waals surface area contributed by atoms with Crippen molar-refractivity contribution in [2.45, 2.75) is 39.3 Å². The zero-order chi connectivity index (χ0) is 13.8. The molecule has 19 heavy (non-hydrogen) atoms. The van der Waals surface area contributed by atoms with Crippen LogP contribution in [0.1, 0.15) is 37.2 Å². The van der Waals surface area contributed by atoms with Gasteiger partial charge in [0.15, 0.2) is 5.82 Å². The SMILES string of the molecule is CCc1nc(CC)n(CC(O)c2ccccc2N)n1. The highest BCUT2D eigenvalue weighted by Crippen LogP contribution is 2.21. The first-order valence-corrected chi connectivity index (χ1v) is 6.60. The summed E-state index contributed by atoms with van der Waals surface area (Å²) in [6.07, 6.45) is 0.922. The van der Waals surface area contributed by atoms with E-state index in [9.17, 15) is 5.11 Å². The van der Waals surface area contributed by atoms with Crippen LogP contribution in [0.25, 0.3) is 0 Å². The fourth-order valence-electron chi connectivity index (χ4n) is 2.06. The molecule has 102 valence electrons. The minimum Gasteiger partial charge on any atom is -0.398 e. The lowest BCUT2D eigenvalue weighted by atomic mass is 10.1. The molecule has 0 aliphatic heterocycles. The summed E-state index contributed by atoms with van der Waals surface area (Å²) in [6, 6.07) is 7.35. The molecule has 0 bridgehead atoms. The third kappa shape index (κ3) is 2.93. The van der Waals surface area contributed by atoms with Gasteiger partial charge in [-0.2, -0.15) is 5.10 Å². The predicted molar refractivity (Wildman–Crippen MR) is 74.6 cm³/mol. The van der Waals surface area contributed by atoms with Crippen LogP contribution < -0.4 is 5.73 Å². The number of nitrogen functional groups attached to an aromatic ring is 1. The first-order chi connectivity index (χ1) is 9.15. The monoisotopic (exact) mass is 260 g/mol. The Balaban J connectivity index is 2.21. The molecule has 0 spiro atoms. The normalized spacial score (nSPS) is 12.6. The first-order valence-electron chi connectivity index (χ1n) is 6.60. The lowest BCUT2D eigenvalue weighted by Crippen LogP contribution is -2.14. The standard InChI is InChI=1S/C14H20N4O/c1-3-13-16-14(4-2)18(17-13)9-12(19)10-7-5-6-8-11(10)15/h5-8,12,19H,3-4,9,15H2,1-2H3. The molecule has 1 unspecified atom stereocenters. The molecule has 2 rings (SSSR count). The Morgan fingerprint density at radius 3 is 2.63 bits per heavy atom. The number of hydrogen-bond acceptors (Lipinski definition) is 4. The Morgan fingerprint density at radius 2 is 2.00 bits per heavy atom. The third-order valence-corrected chi connectivity index (χ3v) is 3.13. The molecule has 1 atom stereocenters. The van der Waals surface area contributed by atoms with Crippen LogP contribution in [-0.4, -0.2) is 19.9 Å². The topological polar surface area (TPSA) is 77.0 Å². The quantitative estimate of drug-likeness (QED) is 0.802. The zero-order valence-electron chi connectivity index (χ0n) is 11.4. The maximum absolute atomic E-state index is 10.3. The number of anilines is 1. The van der Waals surface area contributed by atoms with E-state index in [4.69, 9.17) is 5.73 Å². The molecule has 2 aromatic rings. The summed E-state index contributed by atoms with van der Waals surface area (Å²) in [5.74, 6) is 1.70. The molecule has 0 aliphatic rings. The van der Waals surface area contributed by atoms with Crippen molar-refractivity contribution in [1.29, 1.82) is 0 Å². The summed E-state index contributed by atoms with van der Waals surface area (Å²) in [5, 5.41) is 14.7. The van der Waals surface area contributed by atoms with Gasteiger partial charge in [-0.1, -0.05) is 32.0 Å². The van der Waals surface area contributed by atoms with Crippen molar-refractivity contribution in [3.63, 3.8) is 0 Å². The van der Waals surface area contributed by atoms with Gasteiger partial charge >= 0.3 is 0 Å². The molecule has 0 saturated heterocycles. The van der Waals surface area contributed by atoms with Crippen LogP contribution in [0.15, 0.2) is 24.3 Å². The molecule has 0 saturated carbocycles. The van der Waals surface area contributed by atoms with Crippen molar-refractivity contribution in [3.8, 4) is 0 Å². The van der Waals surface area contributed by atoms with Crippen molar-refractivity contribution in [3.05, 3.63) is 41.5 Å². The first kappa shape index (κ1) is 13.5. The maximum atomic E-state index is 10.3. The van der Waals surface area contributed by atoms with Crippen LogP contribution >= 0.6 is 0 Å². The van der Waals surface area contributed by atoms with E-state index in [1.165, 1.54) is 0 Å². The van der Waals surface area contributed by atoms with E-state index in [1.54, 1.807) is 10.7 Å². The molecule has 5 heteroatoms. The van der Waals surface area contributed by atoms with E-state index >= 15 is 0 Å². The molecular weight excluding hydrogens is 240 g/mol. The predicted octanol–water partition coefficient (Wildman–Crippen LogP) is 1.72. The number of aromatic nitrogens is 3. The summed E-state index contributed by atoms with van der Waals surface area (Å²) in [5.41, 5.74) is 7.21. The molecule has 5 nitrogen and oxygen atoms in total. The highest BCUT2D eigenvalue weighted by molar-refractivity contribution is 5.47. The highest BCUT2D eigenvalue weighted by atomic mass is 16.3. The largest absolute Gasteiger partial charge is 0.398 e. The Hall–Kier alpha value is -1.88. The lowest BCUT2D eigenvalue weighted by Gasteiger charge is -2.14. The van der Waals surface area contributed by atoms with E-state index in [0.29, 0.717) is 12.2 Å². The number of rotatable bonds is 5. The molecule has 0 aliphatic carbocycles. The van der Waals surface area contributed by atoms with Crippen LogP contribution in [-0.2, 0) is 19.4 Å². The molecule has 1 aromatic carbocycles. The van der Waals surface area contributed by atoms with Gasteiger partial charge in [0.05, 0.1) is 6.54 Å². The summed E-state index contributed by atoms with van der Waals surface area (Å²) in [4.78, 5) is 4.43. The fraction of sp³-hybridized carbons (Fsp3) is 0.429. The van der Waals surface area contributed by atoms with Crippen LogP contribution in [0, 0.1) is 0 Å². The summed E-state index contributed by atoms with van der Waals surface area (Å²) in [6.45, 7) is 4.43. The Morgan fingerprint density at radius 1 is 1.26 bits per heavy atom. The number of hydrogen-bond donors (Lipinski definition) is 2. The van der Waals surface area contributed by atoms with E-state index in [0.717, 1.165) is 30.1 Å². The number of benzene rings is 1. The molecule has 0 radical (unpaired) electrons. The van der Waals surface area contributed by atoms with Crippen LogP contribution in [0.2, 0.25) is 0 Å². The fourth-order valence-corrected chi connectivity index (χ4v) is 2.06. The summed E-state index contributed by atoms with van der Waals surface area (Å²) in [7, 11) is 0. The van der Waals surface area contributed by atoms with E-state index < -0.39 is 6.10 Å². The van der Waals surface area contributed by atoms with Gasteiger partial charge in [0, 0.05) is 24.1 Å². The van der Waals surface area contributed by atoms with Crippen molar-refractivity contribution < 1.29 is 5.11 Å². The number of aryl methyl sites for hydroxylation is 2. The maximum Gasteiger partial charge on any atom is 0.150 e. The number of aliphatic hydroxyl groups excluding tert-OH is 1. The van der Waals surface area contributed by atoms with Gasteiger partial charge < -0.3 is 10.8 Å². The second-order valence-corrected chi connectivity index (χ2v) is 4.48. The Bertz CT molecular complexity index is 550. The third-order valence-electron chi connectivity index (χ3n) is 3.13. The van der Waals surface area contributed by atoms with Gasteiger partial charge in [-0.15, -0.1) is 0 Å². The van der Waals surface area contributed by atoms with Crippen LogP contribution in [0.3, 0.4) is 0 Å².